The number of halogens is 1. The summed E-state index contributed by atoms with van der Waals surface area (Å²) >= 11 is 7.20. The average molecular weight is 343 g/mol. The summed E-state index contributed by atoms with van der Waals surface area (Å²) in [7, 11) is -3.68. The Balaban J connectivity index is 2.27. The van der Waals surface area contributed by atoms with Crippen molar-refractivity contribution in [3.05, 3.63) is 50.7 Å². The van der Waals surface area contributed by atoms with E-state index in [4.69, 9.17) is 11.6 Å². The summed E-state index contributed by atoms with van der Waals surface area (Å²) in [6.45, 7) is 5.33. The van der Waals surface area contributed by atoms with E-state index in [1.165, 1.54) is 11.3 Å². The van der Waals surface area contributed by atoms with Crippen molar-refractivity contribution in [2.24, 2.45) is 5.10 Å². The second-order valence-electron chi connectivity index (χ2n) is 4.66. The van der Waals surface area contributed by atoms with E-state index in [1.807, 2.05) is 13.0 Å². The molecule has 0 unspecified atom stereocenters. The average Bonchev–Trinajstić information content (AvgIpc) is 2.85. The SMILES string of the molecule is C/C(=N/NS(=O)(=O)c1cc(C)ccc1C)c1ccc(Cl)s1. The van der Waals surface area contributed by atoms with Crippen LogP contribution in [0.1, 0.15) is 22.9 Å². The third-order valence-electron chi connectivity index (χ3n) is 2.90. The molecular formula is C14H15ClN2O2S2. The van der Waals surface area contributed by atoms with E-state index in [2.05, 4.69) is 9.93 Å². The van der Waals surface area contributed by atoms with Crippen molar-refractivity contribution in [1.29, 1.82) is 0 Å². The standard InChI is InChI=1S/C14H15ClN2O2S2/c1-9-4-5-10(2)13(8-9)21(18,19)17-16-11(3)12-6-7-14(15)20-12/h4-8,17H,1-3H3/b16-11-. The lowest BCUT2D eigenvalue weighted by Gasteiger charge is -2.08. The van der Waals surface area contributed by atoms with Crippen LogP contribution in [0.15, 0.2) is 40.3 Å². The molecule has 1 heterocycles. The summed E-state index contributed by atoms with van der Waals surface area (Å²) in [6.07, 6.45) is 0. The second-order valence-corrected chi connectivity index (χ2v) is 8.01. The molecule has 0 saturated carbocycles. The highest BCUT2D eigenvalue weighted by molar-refractivity contribution is 7.89. The van der Waals surface area contributed by atoms with Crippen molar-refractivity contribution >= 4 is 38.7 Å². The van der Waals surface area contributed by atoms with E-state index in [0.29, 0.717) is 15.6 Å². The fourth-order valence-electron chi connectivity index (χ4n) is 1.74. The highest BCUT2D eigenvalue weighted by Gasteiger charge is 2.16. The maximum absolute atomic E-state index is 12.3. The summed E-state index contributed by atoms with van der Waals surface area (Å²) in [5.41, 5.74) is 2.13. The lowest BCUT2D eigenvalue weighted by atomic mass is 10.2. The highest BCUT2D eigenvalue weighted by atomic mass is 35.5. The van der Waals surface area contributed by atoms with E-state index in [9.17, 15) is 8.42 Å². The third-order valence-corrected chi connectivity index (χ3v) is 5.59. The van der Waals surface area contributed by atoms with E-state index in [1.54, 1.807) is 38.1 Å². The maximum Gasteiger partial charge on any atom is 0.276 e. The number of aryl methyl sites for hydroxylation is 2. The van der Waals surface area contributed by atoms with Crippen LogP contribution in [0, 0.1) is 13.8 Å². The molecule has 2 aromatic rings. The van der Waals surface area contributed by atoms with Gasteiger partial charge in [0.15, 0.2) is 0 Å². The summed E-state index contributed by atoms with van der Waals surface area (Å²) in [5.74, 6) is 0. The van der Waals surface area contributed by atoms with Crippen LogP contribution in [0.2, 0.25) is 4.34 Å². The van der Waals surface area contributed by atoms with Crippen LogP contribution in [0.25, 0.3) is 0 Å². The predicted octanol–water partition coefficient (Wildman–Crippen LogP) is 3.72. The third kappa shape index (κ3) is 3.84. The minimum absolute atomic E-state index is 0.239. The zero-order valence-electron chi connectivity index (χ0n) is 11.8. The van der Waals surface area contributed by atoms with Crippen LogP contribution in [0.5, 0.6) is 0 Å². The first-order valence-corrected chi connectivity index (χ1v) is 8.86. The molecule has 1 aromatic carbocycles. The van der Waals surface area contributed by atoms with E-state index in [-0.39, 0.29) is 4.90 Å². The van der Waals surface area contributed by atoms with Gasteiger partial charge >= 0.3 is 0 Å². The molecule has 0 bridgehead atoms. The summed E-state index contributed by atoms with van der Waals surface area (Å²) in [4.78, 5) is 3.34. The Morgan fingerprint density at radius 1 is 1.24 bits per heavy atom. The van der Waals surface area contributed by atoms with E-state index in [0.717, 1.165) is 10.4 Å². The Morgan fingerprint density at radius 2 is 1.95 bits per heavy atom. The van der Waals surface area contributed by atoms with Gasteiger partial charge in [-0.2, -0.15) is 18.4 Å². The van der Waals surface area contributed by atoms with Gasteiger partial charge < -0.3 is 0 Å². The molecule has 21 heavy (non-hydrogen) atoms. The predicted molar refractivity (Wildman–Crippen MR) is 87.8 cm³/mol. The van der Waals surface area contributed by atoms with Crippen LogP contribution >= 0.6 is 22.9 Å². The minimum Gasteiger partial charge on any atom is -0.200 e. The van der Waals surface area contributed by atoms with Crippen molar-refractivity contribution in [3.8, 4) is 0 Å². The Kier molecular flexibility index (Phi) is 4.70. The zero-order chi connectivity index (χ0) is 15.6. The van der Waals surface area contributed by atoms with Gasteiger partial charge in [0.25, 0.3) is 10.0 Å². The van der Waals surface area contributed by atoms with Gasteiger partial charge in [-0.1, -0.05) is 23.7 Å². The molecule has 0 radical (unpaired) electrons. The monoisotopic (exact) mass is 342 g/mol. The minimum atomic E-state index is -3.68. The normalized spacial score (nSPS) is 12.5. The number of benzene rings is 1. The van der Waals surface area contributed by atoms with Crippen LogP contribution < -0.4 is 4.83 Å². The molecule has 112 valence electrons. The molecule has 0 aliphatic carbocycles. The van der Waals surface area contributed by atoms with Gasteiger partial charge in [-0.3, -0.25) is 0 Å². The fraction of sp³-hybridized carbons (Fsp3) is 0.214. The number of hydrazone groups is 1. The first-order chi connectivity index (χ1) is 9.79. The smallest absolute Gasteiger partial charge is 0.200 e. The molecule has 4 nitrogen and oxygen atoms in total. The quantitative estimate of drug-likeness (QED) is 0.680. The first-order valence-electron chi connectivity index (χ1n) is 6.18. The zero-order valence-corrected chi connectivity index (χ0v) is 14.2. The first kappa shape index (κ1) is 16.0. The second kappa shape index (κ2) is 6.17. The Morgan fingerprint density at radius 3 is 2.57 bits per heavy atom. The van der Waals surface area contributed by atoms with Gasteiger partial charge in [-0.25, -0.2) is 0 Å². The molecule has 1 aromatic heterocycles. The van der Waals surface area contributed by atoms with Crippen molar-refractivity contribution in [2.75, 3.05) is 0 Å². The largest absolute Gasteiger partial charge is 0.276 e. The lowest BCUT2D eigenvalue weighted by Crippen LogP contribution is -2.20. The van der Waals surface area contributed by atoms with Gasteiger partial charge in [0.1, 0.15) is 0 Å². The molecular weight excluding hydrogens is 328 g/mol. The summed E-state index contributed by atoms with van der Waals surface area (Å²) < 4.78 is 25.2. The van der Waals surface area contributed by atoms with E-state index < -0.39 is 10.0 Å². The van der Waals surface area contributed by atoms with Crippen molar-refractivity contribution in [2.45, 2.75) is 25.7 Å². The number of nitrogens with one attached hydrogen (secondary N) is 1. The molecule has 0 atom stereocenters. The number of hydrogen-bond donors (Lipinski definition) is 1. The van der Waals surface area contributed by atoms with Crippen LogP contribution in [-0.4, -0.2) is 14.1 Å². The van der Waals surface area contributed by atoms with Crippen LogP contribution in [0.3, 0.4) is 0 Å². The molecule has 1 N–H and O–H groups in total. The highest BCUT2D eigenvalue weighted by Crippen LogP contribution is 2.22. The maximum atomic E-state index is 12.3. The molecule has 0 spiro atoms. The van der Waals surface area contributed by atoms with Crippen molar-refractivity contribution in [1.82, 2.24) is 4.83 Å². The van der Waals surface area contributed by atoms with Crippen molar-refractivity contribution in [3.63, 3.8) is 0 Å². The Hall–Kier alpha value is -1.37. The van der Waals surface area contributed by atoms with Crippen LogP contribution in [-0.2, 0) is 10.0 Å². The van der Waals surface area contributed by atoms with Gasteiger partial charge in [0.2, 0.25) is 0 Å². The summed E-state index contributed by atoms with van der Waals surface area (Å²) in [6, 6.07) is 8.83. The Labute approximate surface area is 133 Å². The number of thiophene rings is 1. The number of hydrogen-bond acceptors (Lipinski definition) is 4. The molecule has 0 saturated heterocycles. The van der Waals surface area contributed by atoms with Gasteiger partial charge in [0.05, 0.1) is 19.8 Å². The number of sulfonamides is 1. The molecule has 0 fully saturated rings. The van der Waals surface area contributed by atoms with Crippen LogP contribution in [0.4, 0.5) is 0 Å². The van der Waals surface area contributed by atoms with Gasteiger partial charge in [-0.15, -0.1) is 11.3 Å². The van der Waals surface area contributed by atoms with Gasteiger partial charge in [-0.05, 0) is 50.1 Å². The Bertz CT molecular complexity index is 795. The lowest BCUT2D eigenvalue weighted by molar-refractivity contribution is 0.583. The number of nitrogens with zero attached hydrogens (tertiary/aromatic N) is 1. The van der Waals surface area contributed by atoms with E-state index >= 15 is 0 Å². The van der Waals surface area contributed by atoms with Gasteiger partial charge in [0, 0.05) is 0 Å². The topological polar surface area (TPSA) is 58.5 Å². The molecule has 0 aliphatic rings. The summed E-state index contributed by atoms with van der Waals surface area (Å²) in [5, 5.41) is 3.96. The molecule has 7 heteroatoms. The molecule has 0 aliphatic heterocycles. The number of rotatable bonds is 4. The fourth-order valence-corrected chi connectivity index (χ4v) is 3.91. The van der Waals surface area contributed by atoms with Crippen molar-refractivity contribution < 1.29 is 8.42 Å². The molecule has 0 amide bonds. The molecule has 2 rings (SSSR count).